The first-order chi connectivity index (χ1) is 9.33. The molecule has 0 aliphatic heterocycles. The number of sulfonamides is 1. The Morgan fingerprint density at radius 3 is 2.65 bits per heavy atom. The van der Waals surface area contributed by atoms with Crippen molar-refractivity contribution in [3.05, 3.63) is 23.8 Å². The molecule has 1 heterocycles. The highest BCUT2D eigenvalue weighted by Crippen LogP contribution is 2.29. The van der Waals surface area contributed by atoms with E-state index in [-0.39, 0.29) is 21.5 Å². The molecule has 0 atom stereocenters. The highest BCUT2D eigenvalue weighted by molar-refractivity contribution is 7.93. The lowest BCUT2D eigenvalue weighted by molar-refractivity contribution is 0.388. The fourth-order valence-electron chi connectivity index (χ4n) is 1.47. The number of methoxy groups -OCH3 is 1. The van der Waals surface area contributed by atoms with Crippen LogP contribution in [-0.2, 0) is 10.0 Å². The monoisotopic (exact) mass is 318 g/mol. The van der Waals surface area contributed by atoms with Gasteiger partial charge in [0.05, 0.1) is 17.7 Å². The molecular formula is C10H11FN4O3S2. The van der Waals surface area contributed by atoms with E-state index < -0.39 is 15.8 Å². The van der Waals surface area contributed by atoms with E-state index in [4.69, 9.17) is 10.5 Å². The number of hydrogen-bond acceptors (Lipinski definition) is 7. The molecule has 2 aromatic rings. The Morgan fingerprint density at radius 2 is 2.15 bits per heavy atom. The van der Waals surface area contributed by atoms with Crippen LogP contribution < -0.4 is 15.2 Å². The molecule has 1 aromatic heterocycles. The van der Waals surface area contributed by atoms with Crippen molar-refractivity contribution in [3.63, 3.8) is 0 Å². The van der Waals surface area contributed by atoms with Crippen LogP contribution in [0.15, 0.2) is 17.0 Å². The van der Waals surface area contributed by atoms with E-state index in [0.717, 1.165) is 23.7 Å². The van der Waals surface area contributed by atoms with E-state index in [2.05, 4.69) is 14.1 Å². The number of nitrogens with one attached hydrogen (secondary N) is 1. The molecule has 0 unspecified atom stereocenters. The normalized spacial score (nSPS) is 11.3. The molecule has 0 amide bonds. The average molecular weight is 318 g/mol. The Balaban J connectivity index is 2.39. The molecule has 0 bridgehead atoms. The number of rotatable bonds is 4. The topological polar surface area (TPSA) is 107 Å². The zero-order valence-corrected chi connectivity index (χ0v) is 12.2. The van der Waals surface area contributed by atoms with Gasteiger partial charge in [0.25, 0.3) is 10.0 Å². The van der Waals surface area contributed by atoms with Crippen molar-refractivity contribution in [3.8, 4) is 5.75 Å². The van der Waals surface area contributed by atoms with Crippen LogP contribution in [0, 0.1) is 12.7 Å². The highest BCUT2D eigenvalue weighted by atomic mass is 32.2. The first kappa shape index (κ1) is 14.5. The fourth-order valence-corrected chi connectivity index (χ4v) is 3.32. The van der Waals surface area contributed by atoms with Crippen molar-refractivity contribution in [2.45, 2.75) is 11.8 Å². The summed E-state index contributed by atoms with van der Waals surface area (Å²) in [5.74, 6) is -0.620. The lowest BCUT2D eigenvalue weighted by atomic mass is 10.3. The number of aromatic nitrogens is 2. The largest absolute Gasteiger partial charge is 0.492 e. The van der Waals surface area contributed by atoms with Crippen molar-refractivity contribution in [1.82, 2.24) is 9.36 Å². The minimum atomic E-state index is -3.99. The second-order valence-electron chi connectivity index (χ2n) is 3.78. The zero-order valence-electron chi connectivity index (χ0n) is 10.5. The lowest BCUT2D eigenvalue weighted by Crippen LogP contribution is -2.14. The summed E-state index contributed by atoms with van der Waals surface area (Å²) in [4.78, 5) is 3.55. The molecule has 3 N–H and O–H groups in total. The Morgan fingerprint density at radius 1 is 1.45 bits per heavy atom. The molecule has 7 nitrogen and oxygen atoms in total. The Kier molecular flexibility index (Phi) is 3.77. The second kappa shape index (κ2) is 5.21. The van der Waals surface area contributed by atoms with Crippen LogP contribution in [0.25, 0.3) is 0 Å². The first-order valence-corrected chi connectivity index (χ1v) is 7.55. The summed E-state index contributed by atoms with van der Waals surface area (Å²) in [6.45, 7) is 1.62. The Hall–Kier alpha value is -1.94. The maximum absolute atomic E-state index is 13.7. The van der Waals surface area contributed by atoms with Gasteiger partial charge < -0.3 is 10.5 Å². The molecule has 0 saturated carbocycles. The van der Waals surface area contributed by atoms with Gasteiger partial charge in [0.2, 0.25) is 5.13 Å². The highest BCUT2D eigenvalue weighted by Gasteiger charge is 2.20. The van der Waals surface area contributed by atoms with Gasteiger partial charge in [-0.25, -0.2) is 17.8 Å². The van der Waals surface area contributed by atoms with Gasteiger partial charge in [0.15, 0.2) is 11.6 Å². The quantitative estimate of drug-likeness (QED) is 0.825. The molecule has 10 heteroatoms. The number of nitrogens with two attached hydrogens (primary N) is 1. The molecule has 0 radical (unpaired) electrons. The minimum Gasteiger partial charge on any atom is -0.492 e. The lowest BCUT2D eigenvalue weighted by Gasteiger charge is -2.09. The van der Waals surface area contributed by atoms with Gasteiger partial charge in [0.1, 0.15) is 5.82 Å². The third-order valence-electron chi connectivity index (χ3n) is 2.31. The molecule has 2 rings (SSSR count). The molecule has 0 fully saturated rings. The second-order valence-corrected chi connectivity index (χ2v) is 6.21. The number of nitrogen functional groups attached to an aromatic ring is 1. The van der Waals surface area contributed by atoms with E-state index in [9.17, 15) is 12.8 Å². The van der Waals surface area contributed by atoms with Crippen molar-refractivity contribution in [2.75, 3.05) is 17.6 Å². The van der Waals surface area contributed by atoms with Gasteiger partial charge in [-0.3, -0.25) is 4.72 Å². The molecule has 20 heavy (non-hydrogen) atoms. The van der Waals surface area contributed by atoms with Crippen LogP contribution in [0.1, 0.15) is 5.82 Å². The summed E-state index contributed by atoms with van der Waals surface area (Å²) in [5, 5.41) is 0.0947. The van der Waals surface area contributed by atoms with Gasteiger partial charge in [-0.1, -0.05) is 0 Å². The van der Waals surface area contributed by atoms with E-state index in [0.29, 0.717) is 5.82 Å². The first-order valence-electron chi connectivity index (χ1n) is 5.29. The van der Waals surface area contributed by atoms with Crippen LogP contribution in [0.5, 0.6) is 5.75 Å². The van der Waals surface area contributed by atoms with E-state index in [1.54, 1.807) is 6.92 Å². The van der Waals surface area contributed by atoms with E-state index >= 15 is 0 Å². The summed E-state index contributed by atoms with van der Waals surface area (Å²) >= 11 is 0.886. The summed E-state index contributed by atoms with van der Waals surface area (Å²) in [5.41, 5.74) is 5.43. The number of halogens is 1. The molecule has 1 aromatic carbocycles. The molecular weight excluding hydrogens is 307 g/mol. The van der Waals surface area contributed by atoms with Gasteiger partial charge in [-0.15, -0.1) is 0 Å². The summed E-state index contributed by atoms with van der Waals surface area (Å²) in [6.07, 6.45) is 0. The van der Waals surface area contributed by atoms with Crippen LogP contribution >= 0.6 is 11.5 Å². The van der Waals surface area contributed by atoms with Gasteiger partial charge >= 0.3 is 0 Å². The average Bonchev–Trinajstić information content (AvgIpc) is 2.73. The van der Waals surface area contributed by atoms with Crippen molar-refractivity contribution < 1.29 is 17.5 Å². The van der Waals surface area contributed by atoms with Crippen molar-refractivity contribution >= 4 is 32.4 Å². The Labute approximate surface area is 118 Å². The van der Waals surface area contributed by atoms with Gasteiger partial charge in [0, 0.05) is 11.5 Å². The third-order valence-corrected chi connectivity index (χ3v) is 4.48. The fraction of sp³-hybridized carbons (Fsp3) is 0.200. The zero-order chi connectivity index (χ0) is 14.9. The van der Waals surface area contributed by atoms with Gasteiger partial charge in [-0.2, -0.15) is 4.37 Å². The van der Waals surface area contributed by atoms with E-state index in [1.807, 2.05) is 0 Å². The van der Waals surface area contributed by atoms with Crippen LogP contribution in [0.2, 0.25) is 0 Å². The predicted octanol–water partition coefficient (Wildman–Crippen LogP) is 1.38. The predicted molar refractivity (Wildman–Crippen MR) is 72.8 cm³/mol. The number of anilines is 2. The molecule has 0 aliphatic carbocycles. The van der Waals surface area contributed by atoms with Crippen LogP contribution in [0.3, 0.4) is 0 Å². The number of nitrogens with zero attached hydrogens (tertiary/aromatic N) is 2. The molecule has 0 aliphatic rings. The van der Waals surface area contributed by atoms with E-state index in [1.165, 1.54) is 7.11 Å². The van der Waals surface area contributed by atoms with Crippen LogP contribution in [0.4, 0.5) is 15.2 Å². The van der Waals surface area contributed by atoms with Crippen LogP contribution in [-0.4, -0.2) is 24.9 Å². The summed E-state index contributed by atoms with van der Waals surface area (Å²) in [7, 11) is -2.75. The number of benzene rings is 1. The van der Waals surface area contributed by atoms with Crippen molar-refractivity contribution in [1.29, 1.82) is 0 Å². The minimum absolute atomic E-state index is 0.0947. The maximum atomic E-state index is 13.7. The molecule has 0 saturated heterocycles. The maximum Gasteiger partial charge on any atom is 0.263 e. The summed E-state index contributed by atoms with van der Waals surface area (Å²) < 4.78 is 48.6. The number of hydrogen-bond donors (Lipinski definition) is 2. The molecule has 108 valence electrons. The third kappa shape index (κ3) is 2.80. The Bertz CT molecular complexity index is 722. The number of ether oxygens (including phenoxy) is 1. The SMILES string of the molecule is COc1c(N)cc(S(=O)(=O)Nc2nc(C)ns2)cc1F. The number of aryl methyl sites for hydroxylation is 1. The smallest absolute Gasteiger partial charge is 0.263 e. The van der Waals surface area contributed by atoms with Crippen molar-refractivity contribution in [2.24, 2.45) is 0 Å². The summed E-state index contributed by atoms with van der Waals surface area (Å²) in [6, 6.07) is 1.93. The molecule has 0 spiro atoms. The standard InChI is InChI=1S/C10H11FN4O3S2/c1-5-13-10(19-14-5)15-20(16,17)6-3-7(11)9(18-2)8(12)4-6/h3-4H,12H2,1-2H3,(H,13,14,15). The van der Waals surface area contributed by atoms with Gasteiger partial charge in [-0.05, 0) is 19.1 Å².